The van der Waals surface area contributed by atoms with Crippen LogP contribution in [0, 0.1) is 0 Å². The molecule has 0 aromatic heterocycles. The summed E-state index contributed by atoms with van der Waals surface area (Å²) in [4.78, 5) is 0. The normalized spacial score (nSPS) is 11.0. The predicted molar refractivity (Wildman–Crippen MR) is 255 cm³/mol. The van der Waals surface area contributed by atoms with Crippen LogP contribution in [0.4, 0.5) is 0 Å². The van der Waals surface area contributed by atoms with E-state index in [0.717, 1.165) is 22.3 Å². The minimum atomic E-state index is 1.16. The van der Waals surface area contributed by atoms with Crippen LogP contribution in [-0.4, -0.2) is 0 Å². The number of hydrogen-bond acceptors (Lipinski definition) is 0. The second-order valence-corrected chi connectivity index (χ2v) is 15.1. The average Bonchev–Trinajstić information content (AvgIpc) is 3.35. The van der Waals surface area contributed by atoms with Crippen LogP contribution in [0.1, 0.15) is 0 Å². The van der Waals surface area contributed by atoms with Crippen molar-refractivity contribution < 1.29 is 0 Å². The van der Waals surface area contributed by atoms with Crippen LogP contribution in [0.3, 0.4) is 0 Å². The molecule has 0 atom stereocenters. The van der Waals surface area contributed by atoms with Gasteiger partial charge in [0.15, 0.2) is 0 Å². The maximum atomic E-state index is 2.45. The molecule has 282 valence electrons. The summed E-state index contributed by atoms with van der Waals surface area (Å²) in [5.41, 5.74) is 21.2. The lowest BCUT2D eigenvalue weighted by Crippen LogP contribution is -2.03. The topological polar surface area (TPSA) is 0 Å². The molecule has 0 saturated heterocycles. The summed E-state index contributed by atoms with van der Waals surface area (Å²) >= 11 is 0. The fraction of sp³-hybridized carbons (Fsp3) is 0. The molecule has 10 aromatic rings. The molecule has 0 amide bonds. The third kappa shape index (κ3) is 6.95. The Morgan fingerprint density at radius 3 is 0.450 bits per heavy atom. The summed E-state index contributed by atoms with van der Waals surface area (Å²) in [6.45, 7) is 0. The summed E-state index contributed by atoms with van der Waals surface area (Å²) in [6.07, 6.45) is 0. The van der Waals surface area contributed by atoms with Crippen molar-refractivity contribution in [2.45, 2.75) is 0 Å². The SMILES string of the molecule is c1ccc(-c2cc(-c3ccccc3)c(-c3ccccc3)c(-c3c(-c4ccccc4)c(-c4ccccc4)cc(-c4ccccc4)c3-c3ccccc3)c2-c2ccccc2)cc1. The average molecular weight is 763 g/mol. The highest BCUT2D eigenvalue weighted by atomic mass is 14.3. The van der Waals surface area contributed by atoms with Gasteiger partial charge in [-0.05, 0) is 112 Å². The van der Waals surface area contributed by atoms with Crippen LogP contribution >= 0.6 is 0 Å². The van der Waals surface area contributed by atoms with Gasteiger partial charge in [0.25, 0.3) is 0 Å². The van der Waals surface area contributed by atoms with E-state index in [1.807, 2.05) is 0 Å². The van der Waals surface area contributed by atoms with E-state index in [9.17, 15) is 0 Å². The molecule has 0 aliphatic heterocycles. The van der Waals surface area contributed by atoms with Gasteiger partial charge in [0.1, 0.15) is 0 Å². The third-order valence-electron chi connectivity index (χ3n) is 11.5. The highest BCUT2D eigenvalue weighted by Gasteiger charge is 2.31. The van der Waals surface area contributed by atoms with Crippen LogP contribution in [0.2, 0.25) is 0 Å². The minimum Gasteiger partial charge on any atom is -0.0622 e. The first-order valence-corrected chi connectivity index (χ1v) is 20.7. The summed E-state index contributed by atoms with van der Waals surface area (Å²) in [5, 5.41) is 0. The van der Waals surface area contributed by atoms with E-state index in [-0.39, 0.29) is 0 Å². The summed E-state index contributed by atoms with van der Waals surface area (Å²) in [6, 6.07) is 92.8. The third-order valence-corrected chi connectivity index (χ3v) is 11.5. The molecule has 0 aliphatic rings. The minimum absolute atomic E-state index is 1.16. The van der Waals surface area contributed by atoms with Crippen LogP contribution in [0.25, 0.3) is 100 Å². The lowest BCUT2D eigenvalue weighted by Gasteiger charge is -2.30. The molecule has 0 heteroatoms. The first-order valence-electron chi connectivity index (χ1n) is 20.7. The molecule has 0 saturated carbocycles. The molecule has 0 spiro atoms. The second-order valence-electron chi connectivity index (χ2n) is 15.1. The number of benzene rings is 10. The zero-order valence-corrected chi connectivity index (χ0v) is 33.2. The van der Waals surface area contributed by atoms with E-state index in [1.54, 1.807) is 0 Å². The number of rotatable bonds is 9. The van der Waals surface area contributed by atoms with Crippen LogP contribution in [-0.2, 0) is 0 Å². The van der Waals surface area contributed by atoms with Gasteiger partial charge in [0.2, 0.25) is 0 Å². The Balaban J connectivity index is 1.55. The van der Waals surface area contributed by atoms with Crippen LogP contribution in [0.5, 0.6) is 0 Å². The molecule has 0 nitrogen and oxygen atoms in total. The highest BCUT2D eigenvalue weighted by molar-refractivity contribution is 6.16. The second kappa shape index (κ2) is 16.6. The van der Waals surface area contributed by atoms with Crippen molar-refractivity contribution in [2.24, 2.45) is 0 Å². The molecule has 0 aliphatic carbocycles. The van der Waals surface area contributed by atoms with Gasteiger partial charge in [-0.25, -0.2) is 0 Å². The fourth-order valence-electron chi connectivity index (χ4n) is 8.87. The van der Waals surface area contributed by atoms with Crippen LogP contribution in [0.15, 0.2) is 255 Å². The quantitative estimate of drug-likeness (QED) is 0.137. The Bertz CT molecular complexity index is 2580. The molecule has 0 fully saturated rings. The largest absolute Gasteiger partial charge is 0.0622 e. The van der Waals surface area contributed by atoms with Gasteiger partial charge in [-0.15, -0.1) is 0 Å². The Hall–Kier alpha value is -7.80. The monoisotopic (exact) mass is 762 g/mol. The van der Waals surface area contributed by atoms with E-state index < -0.39 is 0 Å². The molecule has 0 heterocycles. The first-order chi connectivity index (χ1) is 29.8. The summed E-state index contributed by atoms with van der Waals surface area (Å²) in [7, 11) is 0. The number of hydrogen-bond donors (Lipinski definition) is 0. The van der Waals surface area contributed by atoms with Gasteiger partial charge in [-0.1, -0.05) is 243 Å². The smallest absolute Gasteiger partial charge is 0.000139 e. The van der Waals surface area contributed by atoms with E-state index in [4.69, 9.17) is 0 Å². The van der Waals surface area contributed by atoms with Crippen molar-refractivity contribution in [1.29, 1.82) is 0 Å². The molecular formula is C60H42. The summed E-state index contributed by atoms with van der Waals surface area (Å²) < 4.78 is 0. The van der Waals surface area contributed by atoms with Gasteiger partial charge in [-0.2, -0.15) is 0 Å². The molecule has 0 unspecified atom stereocenters. The van der Waals surface area contributed by atoms with Crippen molar-refractivity contribution in [2.75, 3.05) is 0 Å². The molecule has 0 N–H and O–H groups in total. The molecule has 0 bridgehead atoms. The van der Waals surface area contributed by atoms with Crippen molar-refractivity contribution in [3.05, 3.63) is 255 Å². The van der Waals surface area contributed by atoms with Crippen molar-refractivity contribution >= 4 is 0 Å². The van der Waals surface area contributed by atoms with Gasteiger partial charge >= 0.3 is 0 Å². The van der Waals surface area contributed by atoms with Gasteiger partial charge in [0, 0.05) is 0 Å². The van der Waals surface area contributed by atoms with Crippen LogP contribution < -0.4 is 0 Å². The Morgan fingerprint density at radius 2 is 0.283 bits per heavy atom. The van der Waals surface area contributed by atoms with E-state index in [1.165, 1.54) is 77.9 Å². The van der Waals surface area contributed by atoms with Gasteiger partial charge in [-0.3, -0.25) is 0 Å². The zero-order valence-electron chi connectivity index (χ0n) is 33.2. The maximum absolute atomic E-state index is 2.45. The fourth-order valence-corrected chi connectivity index (χ4v) is 8.87. The Morgan fingerprint density at radius 1 is 0.133 bits per heavy atom. The molecular weight excluding hydrogens is 721 g/mol. The lowest BCUT2D eigenvalue weighted by molar-refractivity contribution is 1.50. The van der Waals surface area contributed by atoms with Gasteiger partial charge < -0.3 is 0 Å². The van der Waals surface area contributed by atoms with Crippen molar-refractivity contribution in [1.82, 2.24) is 0 Å². The van der Waals surface area contributed by atoms with Gasteiger partial charge in [0.05, 0.1) is 0 Å². The maximum Gasteiger partial charge on any atom is -0.000139 e. The van der Waals surface area contributed by atoms with Crippen molar-refractivity contribution in [3.8, 4) is 100 Å². The Kier molecular flexibility index (Phi) is 10.1. The standard InChI is InChI=1S/C60H42/c1-9-25-43(26-10-1)51-41-52(44-27-11-2-12-28-44)56(48-35-19-6-20-36-48)59(55(51)47-33-17-5-18-34-47)60-57(49-37-21-7-22-38-49)53(45-29-13-3-14-30-45)42-54(46-31-15-4-16-32-46)58(60)50-39-23-8-24-40-50/h1-42H. The van der Waals surface area contributed by atoms with E-state index >= 15 is 0 Å². The zero-order chi connectivity index (χ0) is 40.1. The lowest BCUT2D eigenvalue weighted by atomic mass is 9.73. The Labute approximate surface area is 353 Å². The first kappa shape index (κ1) is 36.5. The summed E-state index contributed by atoms with van der Waals surface area (Å²) in [5.74, 6) is 0. The molecule has 0 radical (unpaired) electrons. The molecule has 60 heavy (non-hydrogen) atoms. The van der Waals surface area contributed by atoms with E-state index in [2.05, 4.69) is 255 Å². The highest BCUT2D eigenvalue weighted by Crippen LogP contribution is 2.57. The molecule has 10 aromatic carbocycles. The van der Waals surface area contributed by atoms with Crippen molar-refractivity contribution in [3.63, 3.8) is 0 Å². The predicted octanol–water partition coefficient (Wildman–Crippen LogP) is 16.7. The van der Waals surface area contributed by atoms with E-state index in [0.29, 0.717) is 0 Å². The molecule has 10 rings (SSSR count).